The third kappa shape index (κ3) is 4.77. The Bertz CT molecular complexity index is 1190. The van der Waals surface area contributed by atoms with Crippen LogP contribution in [0.25, 0.3) is 22.6 Å². The van der Waals surface area contributed by atoms with Gasteiger partial charge in [-0.05, 0) is 42.5 Å². The van der Waals surface area contributed by atoms with E-state index in [1.807, 2.05) is 12.1 Å². The fourth-order valence-electron chi connectivity index (χ4n) is 3.47. The van der Waals surface area contributed by atoms with Crippen LogP contribution in [0.1, 0.15) is 17.9 Å². The number of hydrogen-bond donors (Lipinski definition) is 3. The molecule has 3 aromatic heterocycles. The first-order valence-corrected chi connectivity index (χ1v) is 10.5. The normalized spacial score (nSPS) is 18.4. The van der Waals surface area contributed by atoms with Crippen molar-refractivity contribution in [2.24, 2.45) is 5.92 Å². The number of aromatic amines is 1. The molecule has 5 rings (SSSR count). The number of aliphatic hydroxyl groups is 1. The predicted molar refractivity (Wildman–Crippen MR) is 116 cm³/mol. The zero-order chi connectivity index (χ0) is 22.6. The van der Waals surface area contributed by atoms with Crippen LogP contribution in [-0.4, -0.2) is 44.9 Å². The van der Waals surface area contributed by atoms with Crippen molar-refractivity contribution in [2.75, 3.05) is 25.1 Å². The van der Waals surface area contributed by atoms with Gasteiger partial charge < -0.3 is 29.3 Å². The molecule has 0 aliphatic carbocycles. The van der Waals surface area contributed by atoms with Gasteiger partial charge in [0.2, 0.25) is 12.2 Å². The molecule has 1 saturated heterocycles. The Morgan fingerprint density at radius 3 is 2.64 bits per heavy atom. The van der Waals surface area contributed by atoms with Gasteiger partial charge in [0.05, 0.1) is 49.7 Å². The maximum atomic E-state index is 13.5. The molecule has 9 nitrogen and oxygen atoms in total. The minimum Gasteiger partial charge on any atom is -0.467 e. The van der Waals surface area contributed by atoms with E-state index in [4.69, 9.17) is 18.9 Å². The van der Waals surface area contributed by atoms with Crippen LogP contribution in [0.3, 0.4) is 0 Å². The Kier molecular flexibility index (Phi) is 6.11. The fourth-order valence-corrected chi connectivity index (χ4v) is 3.47. The van der Waals surface area contributed by atoms with Gasteiger partial charge in [0, 0.05) is 17.7 Å². The lowest BCUT2D eigenvalue weighted by Gasteiger charge is -2.26. The second-order valence-electron chi connectivity index (χ2n) is 7.60. The summed E-state index contributed by atoms with van der Waals surface area (Å²) in [4.78, 5) is 16.8. The number of anilines is 1. The minimum atomic E-state index is -0.709. The molecule has 1 aliphatic heterocycles. The molecule has 0 radical (unpaired) electrons. The zero-order valence-electron chi connectivity index (χ0n) is 17.6. The quantitative estimate of drug-likeness (QED) is 0.391. The van der Waals surface area contributed by atoms with Gasteiger partial charge in [0.15, 0.2) is 5.82 Å². The van der Waals surface area contributed by atoms with Gasteiger partial charge in [-0.15, -0.1) is 0 Å². The summed E-state index contributed by atoms with van der Waals surface area (Å²) in [5, 5.41) is 12.4. The van der Waals surface area contributed by atoms with Gasteiger partial charge in [-0.25, -0.2) is 19.3 Å². The lowest BCUT2D eigenvalue weighted by molar-refractivity contribution is -0.213. The highest BCUT2D eigenvalue weighted by Crippen LogP contribution is 2.33. The zero-order valence-corrected chi connectivity index (χ0v) is 17.6. The summed E-state index contributed by atoms with van der Waals surface area (Å²) in [6.45, 7) is 1.14. The van der Waals surface area contributed by atoms with Crippen LogP contribution in [0.15, 0.2) is 59.3 Å². The Morgan fingerprint density at radius 1 is 1.09 bits per heavy atom. The number of furan rings is 1. The molecule has 3 N–H and O–H groups in total. The third-order valence-electron chi connectivity index (χ3n) is 5.20. The number of benzene rings is 1. The van der Waals surface area contributed by atoms with Crippen molar-refractivity contribution in [2.45, 2.75) is 12.8 Å². The maximum absolute atomic E-state index is 13.5. The van der Waals surface area contributed by atoms with Crippen molar-refractivity contribution in [1.82, 2.24) is 19.9 Å². The number of rotatable bonds is 7. The Hall–Kier alpha value is -3.60. The smallest absolute Gasteiger partial charge is 0.223 e. The van der Waals surface area contributed by atoms with Crippen LogP contribution in [0.2, 0.25) is 0 Å². The van der Waals surface area contributed by atoms with Crippen LogP contribution in [0, 0.1) is 11.7 Å². The van der Waals surface area contributed by atoms with E-state index >= 15 is 0 Å². The SMILES string of the molecule is OCC1COC(c2nc(-c3ccc(F)cc3)c(-c3ccnc(NCc4ccco4)n3)[nH]2)OC1. The highest BCUT2D eigenvalue weighted by Gasteiger charge is 2.27. The van der Waals surface area contributed by atoms with Crippen molar-refractivity contribution in [1.29, 1.82) is 0 Å². The van der Waals surface area contributed by atoms with Crippen molar-refractivity contribution < 1.29 is 23.4 Å². The van der Waals surface area contributed by atoms with Gasteiger partial charge in [-0.2, -0.15) is 0 Å². The Labute approximate surface area is 188 Å². The highest BCUT2D eigenvalue weighted by molar-refractivity contribution is 5.77. The molecule has 0 spiro atoms. The lowest BCUT2D eigenvalue weighted by atomic mass is 10.1. The van der Waals surface area contributed by atoms with E-state index in [9.17, 15) is 9.50 Å². The molecule has 0 saturated carbocycles. The van der Waals surface area contributed by atoms with E-state index in [1.165, 1.54) is 12.1 Å². The first-order chi connectivity index (χ1) is 16.2. The number of halogens is 1. The van der Waals surface area contributed by atoms with Gasteiger partial charge in [0.1, 0.15) is 11.6 Å². The average molecular weight is 451 g/mol. The number of aromatic nitrogens is 4. The van der Waals surface area contributed by atoms with Crippen molar-refractivity contribution in [3.63, 3.8) is 0 Å². The molecule has 170 valence electrons. The standard InChI is InChI=1S/C23H22FN5O4/c24-16-5-3-15(4-6-16)19-20(29-21(28-19)22-32-12-14(11-30)13-33-22)18-7-8-25-23(27-18)26-10-17-2-1-9-31-17/h1-9,14,22,30H,10-13H2,(H,28,29)(H,25,26,27). The molecule has 1 aliphatic rings. The number of ether oxygens (including phenoxy) is 2. The number of hydrogen-bond acceptors (Lipinski definition) is 8. The fraction of sp³-hybridized carbons (Fsp3) is 0.261. The summed E-state index contributed by atoms with van der Waals surface area (Å²) in [6, 6.07) is 11.5. The van der Waals surface area contributed by atoms with Gasteiger partial charge in [0.25, 0.3) is 0 Å². The van der Waals surface area contributed by atoms with Crippen LogP contribution >= 0.6 is 0 Å². The van der Waals surface area contributed by atoms with Gasteiger partial charge >= 0.3 is 0 Å². The summed E-state index contributed by atoms with van der Waals surface area (Å²) in [6.07, 6.45) is 2.54. The monoisotopic (exact) mass is 451 g/mol. The van der Waals surface area contributed by atoms with Crippen LogP contribution < -0.4 is 5.32 Å². The highest BCUT2D eigenvalue weighted by atomic mass is 19.1. The number of H-pyrrole nitrogens is 1. The second-order valence-corrected chi connectivity index (χ2v) is 7.60. The molecule has 0 atom stereocenters. The molecular formula is C23H22FN5O4. The first kappa shape index (κ1) is 21.3. The van der Waals surface area contributed by atoms with Gasteiger partial charge in [-0.3, -0.25) is 0 Å². The number of nitrogens with zero attached hydrogens (tertiary/aromatic N) is 3. The maximum Gasteiger partial charge on any atom is 0.223 e. The average Bonchev–Trinajstić information content (AvgIpc) is 3.54. The Morgan fingerprint density at radius 2 is 1.91 bits per heavy atom. The van der Waals surface area contributed by atoms with E-state index in [0.717, 1.165) is 5.76 Å². The number of imidazole rings is 1. The molecule has 10 heteroatoms. The molecule has 4 aromatic rings. The lowest BCUT2D eigenvalue weighted by Crippen LogP contribution is -2.29. The van der Waals surface area contributed by atoms with E-state index < -0.39 is 6.29 Å². The van der Waals surface area contributed by atoms with Crippen molar-refractivity contribution in [3.8, 4) is 22.6 Å². The summed E-state index contributed by atoms with van der Waals surface area (Å²) in [5.74, 6) is 1.23. The van der Waals surface area contributed by atoms with E-state index in [2.05, 4.69) is 20.3 Å². The minimum absolute atomic E-state index is 0.00826. The molecule has 1 fully saturated rings. The number of aliphatic hydroxyl groups excluding tert-OH is 1. The number of nitrogens with one attached hydrogen (secondary N) is 2. The second kappa shape index (κ2) is 9.49. The summed E-state index contributed by atoms with van der Waals surface area (Å²) in [5.41, 5.74) is 2.50. The summed E-state index contributed by atoms with van der Waals surface area (Å²) in [7, 11) is 0. The molecule has 1 aromatic carbocycles. The molecule has 0 unspecified atom stereocenters. The molecular weight excluding hydrogens is 429 g/mol. The Balaban J connectivity index is 1.47. The molecule has 0 amide bonds. The van der Waals surface area contributed by atoms with Crippen LogP contribution in [-0.2, 0) is 16.0 Å². The van der Waals surface area contributed by atoms with Crippen molar-refractivity contribution in [3.05, 3.63) is 72.3 Å². The van der Waals surface area contributed by atoms with Crippen molar-refractivity contribution >= 4 is 5.95 Å². The van der Waals surface area contributed by atoms with E-state index in [1.54, 1.807) is 30.7 Å². The molecule has 0 bridgehead atoms. The predicted octanol–water partition coefficient (Wildman–Crippen LogP) is 3.53. The van der Waals surface area contributed by atoms with Gasteiger partial charge in [-0.1, -0.05) is 0 Å². The summed E-state index contributed by atoms with van der Waals surface area (Å²) < 4.78 is 30.3. The van der Waals surface area contributed by atoms with Crippen LogP contribution in [0.4, 0.5) is 10.3 Å². The van der Waals surface area contributed by atoms with E-state index in [0.29, 0.717) is 54.2 Å². The molecule has 33 heavy (non-hydrogen) atoms. The topological polar surface area (TPSA) is 118 Å². The summed E-state index contributed by atoms with van der Waals surface area (Å²) >= 11 is 0. The molecule has 4 heterocycles. The first-order valence-electron chi connectivity index (χ1n) is 10.5. The van der Waals surface area contributed by atoms with E-state index in [-0.39, 0.29) is 18.3 Å². The van der Waals surface area contributed by atoms with Crippen LogP contribution in [0.5, 0.6) is 0 Å². The largest absolute Gasteiger partial charge is 0.467 e. The third-order valence-corrected chi connectivity index (χ3v) is 5.20.